The third kappa shape index (κ3) is 8.62. The maximum absolute atomic E-state index is 13.0. The van der Waals surface area contributed by atoms with Crippen molar-refractivity contribution in [1.29, 1.82) is 0 Å². The number of carbonyl (C=O) groups is 3. The monoisotopic (exact) mass is 412 g/mol. The predicted molar refractivity (Wildman–Crippen MR) is 112 cm³/mol. The molecule has 2 unspecified atom stereocenters. The van der Waals surface area contributed by atoms with Crippen molar-refractivity contribution in [2.75, 3.05) is 14.2 Å². The second kappa shape index (κ2) is 11.4. The minimum atomic E-state index is -0.614. The molecule has 7 nitrogen and oxygen atoms in total. The molecule has 0 aromatic rings. The molecule has 0 aromatic heterocycles. The van der Waals surface area contributed by atoms with E-state index < -0.39 is 17.7 Å². The summed E-state index contributed by atoms with van der Waals surface area (Å²) in [4.78, 5) is 38.7. The molecule has 7 heteroatoms. The van der Waals surface area contributed by atoms with Gasteiger partial charge in [-0.3, -0.25) is 14.5 Å². The van der Waals surface area contributed by atoms with Gasteiger partial charge in [0.15, 0.2) is 0 Å². The van der Waals surface area contributed by atoms with Gasteiger partial charge in [-0.15, -0.1) is 0 Å². The minimum absolute atomic E-state index is 0.0452. The van der Waals surface area contributed by atoms with Crippen LogP contribution in [0.5, 0.6) is 0 Å². The summed E-state index contributed by atoms with van der Waals surface area (Å²) in [7, 11) is 3.05. The van der Waals surface area contributed by atoms with E-state index in [4.69, 9.17) is 9.47 Å². The summed E-state index contributed by atoms with van der Waals surface area (Å²) < 4.78 is 10.3. The molecule has 168 valence electrons. The van der Waals surface area contributed by atoms with Gasteiger partial charge in [0.25, 0.3) is 0 Å². The van der Waals surface area contributed by atoms with Crippen LogP contribution in [0, 0.1) is 11.8 Å². The molecule has 1 saturated carbocycles. The summed E-state index contributed by atoms with van der Waals surface area (Å²) in [5, 5.41) is 3.15. The normalized spacial score (nSPS) is 21.9. The number of esters is 1. The third-order valence-corrected chi connectivity index (χ3v) is 5.34. The molecule has 2 amide bonds. The molecule has 1 rings (SSSR count). The average molecular weight is 413 g/mol. The number of nitrogens with zero attached hydrogens (tertiary/aromatic N) is 1. The Bertz CT molecular complexity index is 556. The van der Waals surface area contributed by atoms with Gasteiger partial charge in [0.2, 0.25) is 5.91 Å². The van der Waals surface area contributed by atoms with Crippen molar-refractivity contribution in [3.63, 3.8) is 0 Å². The second-order valence-corrected chi connectivity index (χ2v) is 9.42. The Hall–Kier alpha value is -1.79. The van der Waals surface area contributed by atoms with Gasteiger partial charge in [-0.1, -0.05) is 33.1 Å². The minimum Gasteiger partial charge on any atom is -0.469 e. The Morgan fingerprint density at radius 2 is 1.55 bits per heavy atom. The molecular weight excluding hydrogens is 372 g/mol. The number of nitrogens with one attached hydrogen (secondary N) is 1. The van der Waals surface area contributed by atoms with Crippen molar-refractivity contribution in [2.45, 2.75) is 97.2 Å². The molecule has 0 aliphatic heterocycles. The topological polar surface area (TPSA) is 84.9 Å². The predicted octanol–water partition coefficient (Wildman–Crippen LogP) is 3.90. The van der Waals surface area contributed by atoms with Crippen molar-refractivity contribution < 1.29 is 23.9 Å². The first-order valence-corrected chi connectivity index (χ1v) is 10.8. The van der Waals surface area contributed by atoms with Crippen LogP contribution in [0.15, 0.2) is 0 Å². The fourth-order valence-corrected chi connectivity index (χ4v) is 3.89. The summed E-state index contributed by atoms with van der Waals surface area (Å²) in [6.07, 6.45) is 5.57. The fraction of sp³-hybridized carbons (Fsp3) is 0.864. The zero-order valence-electron chi connectivity index (χ0n) is 19.2. The summed E-state index contributed by atoms with van der Waals surface area (Å²) in [5.74, 6) is -0.378. The molecule has 1 fully saturated rings. The summed E-state index contributed by atoms with van der Waals surface area (Å²) in [6.45, 7) is 9.28. The van der Waals surface area contributed by atoms with Crippen LogP contribution in [-0.4, -0.2) is 54.7 Å². The Labute approximate surface area is 175 Å². The third-order valence-electron chi connectivity index (χ3n) is 5.34. The molecule has 3 atom stereocenters. The molecule has 0 bridgehead atoms. The largest absolute Gasteiger partial charge is 0.469 e. The van der Waals surface area contributed by atoms with E-state index in [1.165, 1.54) is 12.0 Å². The van der Waals surface area contributed by atoms with Crippen molar-refractivity contribution in [1.82, 2.24) is 10.2 Å². The molecule has 0 spiro atoms. The maximum Gasteiger partial charge on any atom is 0.410 e. The number of amides is 2. The zero-order valence-corrected chi connectivity index (χ0v) is 19.2. The average Bonchev–Trinajstić information content (AvgIpc) is 2.71. The lowest BCUT2D eigenvalue weighted by Gasteiger charge is -2.33. The summed E-state index contributed by atoms with van der Waals surface area (Å²) >= 11 is 0. The number of carbonyl (C=O) groups excluding carboxylic acids is 3. The lowest BCUT2D eigenvalue weighted by Crippen LogP contribution is -2.53. The maximum atomic E-state index is 13.0. The number of methoxy groups -OCH3 is 1. The molecule has 1 aliphatic carbocycles. The van der Waals surface area contributed by atoms with E-state index in [9.17, 15) is 14.4 Å². The van der Waals surface area contributed by atoms with Gasteiger partial charge in [-0.2, -0.15) is 0 Å². The van der Waals surface area contributed by atoms with E-state index in [1.54, 1.807) is 7.05 Å². The van der Waals surface area contributed by atoms with Crippen molar-refractivity contribution >= 4 is 18.0 Å². The van der Waals surface area contributed by atoms with Crippen LogP contribution in [0.1, 0.15) is 79.6 Å². The molecule has 1 aliphatic rings. The first-order chi connectivity index (χ1) is 13.5. The van der Waals surface area contributed by atoms with E-state index in [1.807, 2.05) is 34.6 Å². The number of hydrogen-bond donors (Lipinski definition) is 1. The molecule has 1 N–H and O–H groups in total. The van der Waals surface area contributed by atoms with E-state index in [0.29, 0.717) is 0 Å². The quantitative estimate of drug-likeness (QED) is 0.692. The highest BCUT2D eigenvalue weighted by atomic mass is 16.6. The highest BCUT2D eigenvalue weighted by Crippen LogP contribution is 2.24. The summed E-state index contributed by atoms with van der Waals surface area (Å²) in [6, 6.07) is -0.549. The van der Waals surface area contributed by atoms with Crippen molar-refractivity contribution in [3.05, 3.63) is 0 Å². The number of likely N-dealkylation sites (N-methyl/N-ethyl adjacent to an activating group) is 1. The number of hydrogen-bond acceptors (Lipinski definition) is 5. The lowest BCUT2D eigenvalue weighted by atomic mass is 9.97. The first kappa shape index (κ1) is 25.2. The van der Waals surface area contributed by atoms with E-state index in [0.717, 1.165) is 44.9 Å². The van der Waals surface area contributed by atoms with Crippen LogP contribution >= 0.6 is 0 Å². The zero-order chi connectivity index (χ0) is 22.2. The highest BCUT2D eigenvalue weighted by molar-refractivity contribution is 5.86. The first-order valence-electron chi connectivity index (χ1n) is 10.8. The van der Waals surface area contributed by atoms with Crippen molar-refractivity contribution in [3.8, 4) is 0 Å². The molecule has 29 heavy (non-hydrogen) atoms. The Morgan fingerprint density at radius 1 is 1.00 bits per heavy atom. The fourth-order valence-electron chi connectivity index (χ4n) is 3.89. The highest BCUT2D eigenvalue weighted by Gasteiger charge is 2.33. The molecular formula is C22H40N2O5. The second-order valence-electron chi connectivity index (χ2n) is 9.42. The SMILES string of the molecule is COC(=O)C1CCCCC(NC(=O)[C@H](C(C)C)N(C)C(=O)OC(C)(C)C)CCC1. The van der Waals surface area contributed by atoms with Crippen LogP contribution in [0.25, 0.3) is 0 Å². The molecule has 0 radical (unpaired) electrons. The van der Waals surface area contributed by atoms with Crippen molar-refractivity contribution in [2.24, 2.45) is 11.8 Å². The van der Waals surface area contributed by atoms with Gasteiger partial charge in [-0.25, -0.2) is 4.79 Å². The van der Waals surface area contributed by atoms with Gasteiger partial charge < -0.3 is 14.8 Å². The van der Waals surface area contributed by atoms with Gasteiger partial charge in [0.05, 0.1) is 13.0 Å². The molecule has 0 heterocycles. The van der Waals surface area contributed by atoms with Gasteiger partial charge in [-0.05, 0) is 52.4 Å². The van der Waals surface area contributed by atoms with Crippen LogP contribution in [-0.2, 0) is 19.1 Å². The van der Waals surface area contributed by atoms with Gasteiger partial charge in [0.1, 0.15) is 11.6 Å². The smallest absolute Gasteiger partial charge is 0.410 e. The number of ether oxygens (including phenoxy) is 2. The van der Waals surface area contributed by atoms with Gasteiger partial charge in [0, 0.05) is 13.1 Å². The number of rotatable bonds is 5. The summed E-state index contributed by atoms with van der Waals surface area (Å²) in [5.41, 5.74) is -0.614. The van der Waals surface area contributed by atoms with E-state index in [-0.39, 0.29) is 29.8 Å². The standard InChI is InChI=1S/C22H40N2O5/c1-15(2)18(24(6)21(27)29-22(3,4)5)19(25)23-17-13-9-8-11-16(12-10-14-17)20(26)28-7/h15-18H,8-14H2,1-7H3,(H,23,25)/t16?,17?,18-/m0/s1. The lowest BCUT2D eigenvalue weighted by molar-refractivity contribution is -0.146. The van der Waals surface area contributed by atoms with Gasteiger partial charge >= 0.3 is 12.1 Å². The Morgan fingerprint density at radius 3 is 2.10 bits per heavy atom. The molecule has 0 aromatic carbocycles. The van der Waals surface area contributed by atoms with Crippen LogP contribution in [0.4, 0.5) is 4.79 Å². The Kier molecular flexibility index (Phi) is 9.93. The van der Waals surface area contributed by atoms with Crippen LogP contribution in [0.3, 0.4) is 0 Å². The molecule has 0 saturated heterocycles. The Balaban J connectivity index is 2.74. The van der Waals surface area contributed by atoms with Crippen LogP contribution in [0.2, 0.25) is 0 Å². The van der Waals surface area contributed by atoms with Crippen LogP contribution < -0.4 is 5.32 Å². The van der Waals surface area contributed by atoms with E-state index >= 15 is 0 Å². The van der Waals surface area contributed by atoms with E-state index in [2.05, 4.69) is 5.32 Å².